The zero-order chi connectivity index (χ0) is 10.4. The van der Waals surface area contributed by atoms with Gasteiger partial charge in [-0.3, -0.25) is 0 Å². The first-order valence-electron chi connectivity index (χ1n) is 2.94. The molecule has 6 heteroatoms. The fraction of sp³-hybridized carbons (Fsp3) is 0.667. The summed E-state index contributed by atoms with van der Waals surface area (Å²) >= 11 is 0. The van der Waals surface area contributed by atoms with E-state index in [-0.39, 0.29) is 6.61 Å². The normalized spacial score (nSPS) is 6.33. The van der Waals surface area contributed by atoms with Crippen LogP contribution in [0.4, 0.5) is 0 Å². The first kappa shape index (κ1) is 17.0. The standard InChI is InChI=1S/C4H11NO.2CHNO/c1-5(2)3-4-6;2*2-1-3/h6H,3-4H2,1-2H3;2*2H. The van der Waals surface area contributed by atoms with E-state index in [0.717, 1.165) is 18.7 Å². The van der Waals surface area contributed by atoms with Crippen molar-refractivity contribution in [3.63, 3.8) is 0 Å². The number of isocyanates is 2. The molecular formula is C6H13N3O3. The Morgan fingerprint density at radius 1 is 1.25 bits per heavy atom. The first-order chi connectivity index (χ1) is 5.60. The highest BCUT2D eigenvalue weighted by atomic mass is 16.3. The molecule has 0 heterocycles. The van der Waals surface area contributed by atoms with Crippen molar-refractivity contribution in [2.75, 3.05) is 27.2 Å². The molecule has 0 aliphatic heterocycles. The van der Waals surface area contributed by atoms with Crippen LogP contribution in [-0.4, -0.2) is 49.4 Å². The molecule has 0 unspecified atom stereocenters. The number of carbonyl (C=O) groups excluding carboxylic acids is 2. The SMILES string of the molecule is CN(C)CCO.N=C=O.N=C=O. The Morgan fingerprint density at radius 2 is 1.50 bits per heavy atom. The van der Waals surface area contributed by atoms with Gasteiger partial charge in [0.2, 0.25) is 12.2 Å². The van der Waals surface area contributed by atoms with Gasteiger partial charge < -0.3 is 10.0 Å². The number of hydrogen-bond acceptors (Lipinski definition) is 6. The minimum Gasteiger partial charge on any atom is -0.395 e. The lowest BCUT2D eigenvalue weighted by Gasteiger charge is -2.03. The highest BCUT2D eigenvalue weighted by Gasteiger charge is 1.80. The predicted octanol–water partition coefficient (Wildman–Crippen LogP) is -0.658. The molecule has 0 aliphatic carbocycles. The van der Waals surface area contributed by atoms with E-state index in [1.165, 1.54) is 0 Å². The Kier molecular flexibility index (Phi) is 32.0. The highest BCUT2D eigenvalue weighted by Crippen LogP contribution is 1.66. The minimum atomic E-state index is 0.257. The Labute approximate surface area is 70.8 Å². The van der Waals surface area contributed by atoms with Crippen LogP contribution >= 0.6 is 0 Å². The van der Waals surface area contributed by atoms with E-state index in [0.29, 0.717) is 0 Å². The van der Waals surface area contributed by atoms with Gasteiger partial charge in [-0.25, -0.2) is 20.4 Å². The number of rotatable bonds is 2. The summed E-state index contributed by atoms with van der Waals surface area (Å²) in [6.45, 7) is 1.02. The van der Waals surface area contributed by atoms with Crippen molar-refractivity contribution < 1.29 is 14.7 Å². The van der Waals surface area contributed by atoms with Gasteiger partial charge in [0.05, 0.1) is 6.61 Å². The third-order valence-corrected chi connectivity index (χ3v) is 0.547. The lowest BCUT2D eigenvalue weighted by molar-refractivity contribution is 0.243. The lowest BCUT2D eigenvalue weighted by Crippen LogP contribution is -2.15. The van der Waals surface area contributed by atoms with E-state index in [4.69, 9.17) is 25.5 Å². The summed E-state index contributed by atoms with van der Waals surface area (Å²) < 4.78 is 0. The Balaban J connectivity index is -0.000000115. The van der Waals surface area contributed by atoms with Crippen LogP contribution in [0, 0.1) is 10.8 Å². The van der Waals surface area contributed by atoms with E-state index in [2.05, 4.69) is 0 Å². The molecule has 0 aromatic rings. The average Bonchev–Trinajstić information content (AvgIpc) is 1.89. The second-order valence-corrected chi connectivity index (χ2v) is 1.73. The summed E-state index contributed by atoms with van der Waals surface area (Å²) in [7, 11) is 3.85. The molecular weight excluding hydrogens is 162 g/mol. The van der Waals surface area contributed by atoms with Crippen LogP contribution in [0.5, 0.6) is 0 Å². The van der Waals surface area contributed by atoms with Crippen molar-refractivity contribution in [2.24, 2.45) is 0 Å². The quantitative estimate of drug-likeness (QED) is 0.382. The van der Waals surface area contributed by atoms with Gasteiger partial charge in [0.1, 0.15) is 0 Å². The molecule has 0 saturated heterocycles. The summed E-state index contributed by atoms with van der Waals surface area (Å²) in [5.41, 5.74) is 0. The van der Waals surface area contributed by atoms with Gasteiger partial charge in [-0.2, -0.15) is 0 Å². The number of nitrogens with zero attached hydrogens (tertiary/aromatic N) is 1. The molecule has 0 rings (SSSR count). The maximum Gasteiger partial charge on any atom is 0.231 e. The Hall–Kier alpha value is -1.32. The monoisotopic (exact) mass is 175 g/mol. The van der Waals surface area contributed by atoms with Crippen LogP contribution < -0.4 is 0 Å². The fourth-order valence-corrected chi connectivity index (χ4v) is 0.200. The number of likely N-dealkylation sites (N-methyl/N-ethyl adjacent to an activating group) is 1. The second kappa shape index (κ2) is 22.6. The molecule has 0 aliphatic rings. The van der Waals surface area contributed by atoms with Crippen molar-refractivity contribution >= 4 is 12.2 Å². The number of aliphatic hydroxyl groups is 1. The van der Waals surface area contributed by atoms with Gasteiger partial charge in [0, 0.05) is 6.54 Å². The Bertz CT molecular complexity index is 123. The molecule has 0 spiro atoms. The minimum absolute atomic E-state index is 0.257. The average molecular weight is 175 g/mol. The van der Waals surface area contributed by atoms with E-state index in [1.54, 1.807) is 0 Å². The maximum absolute atomic E-state index is 8.35. The van der Waals surface area contributed by atoms with Crippen LogP contribution in [0.2, 0.25) is 0 Å². The molecule has 6 nitrogen and oxygen atoms in total. The van der Waals surface area contributed by atoms with Crippen LogP contribution in [0.25, 0.3) is 0 Å². The summed E-state index contributed by atoms with van der Waals surface area (Å²) in [5, 5.41) is 19.0. The third-order valence-electron chi connectivity index (χ3n) is 0.547. The van der Waals surface area contributed by atoms with Crippen molar-refractivity contribution in [1.82, 2.24) is 4.90 Å². The van der Waals surface area contributed by atoms with E-state index in [1.807, 2.05) is 19.0 Å². The summed E-state index contributed by atoms with van der Waals surface area (Å²) in [6, 6.07) is 0. The van der Waals surface area contributed by atoms with E-state index in [9.17, 15) is 0 Å². The second-order valence-electron chi connectivity index (χ2n) is 1.73. The van der Waals surface area contributed by atoms with Crippen molar-refractivity contribution in [2.45, 2.75) is 0 Å². The molecule has 0 fully saturated rings. The molecule has 70 valence electrons. The number of hydrogen-bond donors (Lipinski definition) is 3. The zero-order valence-corrected chi connectivity index (χ0v) is 7.13. The largest absolute Gasteiger partial charge is 0.395 e. The summed E-state index contributed by atoms with van der Waals surface area (Å²) in [4.78, 5) is 18.6. The third kappa shape index (κ3) is 181. The number of aliphatic hydroxyl groups excluding tert-OH is 1. The molecule has 0 amide bonds. The molecule has 0 aromatic heterocycles. The molecule has 0 saturated carbocycles. The van der Waals surface area contributed by atoms with Gasteiger partial charge in [-0.05, 0) is 14.1 Å². The van der Waals surface area contributed by atoms with E-state index < -0.39 is 0 Å². The van der Waals surface area contributed by atoms with Crippen molar-refractivity contribution in [3.05, 3.63) is 0 Å². The van der Waals surface area contributed by atoms with E-state index >= 15 is 0 Å². The maximum atomic E-state index is 8.35. The predicted molar refractivity (Wildman–Crippen MR) is 42.5 cm³/mol. The highest BCUT2D eigenvalue weighted by molar-refractivity contribution is 5.26. The van der Waals surface area contributed by atoms with Gasteiger partial charge in [-0.15, -0.1) is 0 Å². The van der Waals surface area contributed by atoms with Gasteiger partial charge in [0.15, 0.2) is 0 Å². The van der Waals surface area contributed by atoms with Crippen molar-refractivity contribution in [3.8, 4) is 0 Å². The van der Waals surface area contributed by atoms with Gasteiger partial charge >= 0.3 is 0 Å². The van der Waals surface area contributed by atoms with Crippen molar-refractivity contribution in [1.29, 1.82) is 10.8 Å². The molecule has 3 N–H and O–H groups in total. The zero-order valence-electron chi connectivity index (χ0n) is 7.13. The Morgan fingerprint density at radius 3 is 1.50 bits per heavy atom. The van der Waals surface area contributed by atoms with Gasteiger partial charge in [0.25, 0.3) is 0 Å². The van der Waals surface area contributed by atoms with Crippen LogP contribution in [0.15, 0.2) is 0 Å². The summed E-state index contributed by atoms with van der Waals surface area (Å²) in [5.74, 6) is 0. The molecule has 12 heavy (non-hydrogen) atoms. The van der Waals surface area contributed by atoms with Crippen LogP contribution in [0.3, 0.4) is 0 Å². The van der Waals surface area contributed by atoms with Gasteiger partial charge in [-0.1, -0.05) is 0 Å². The van der Waals surface area contributed by atoms with Crippen LogP contribution in [-0.2, 0) is 9.59 Å². The smallest absolute Gasteiger partial charge is 0.231 e. The first-order valence-corrected chi connectivity index (χ1v) is 2.94. The molecule has 0 aromatic carbocycles. The molecule has 0 bridgehead atoms. The number of nitrogens with one attached hydrogen (secondary N) is 2. The molecule has 0 atom stereocenters. The topological polar surface area (TPSA) is 105 Å². The van der Waals surface area contributed by atoms with Crippen LogP contribution in [0.1, 0.15) is 0 Å². The lowest BCUT2D eigenvalue weighted by atomic mass is 10.6. The molecule has 0 radical (unpaired) electrons. The fourth-order valence-electron chi connectivity index (χ4n) is 0.200. The summed E-state index contributed by atoms with van der Waals surface area (Å²) in [6.07, 6.45) is 1.50.